The summed E-state index contributed by atoms with van der Waals surface area (Å²) in [4.78, 5) is 12.1. The van der Waals surface area contributed by atoms with Gasteiger partial charge in [-0.2, -0.15) is 0 Å². The normalized spacial score (nSPS) is 7.64. The highest BCUT2D eigenvalue weighted by atomic mass is 16.3. The number of nitrogens with zero attached hydrogens (tertiary/aromatic N) is 1. The molecule has 5 nitrogen and oxygen atoms in total. The molecule has 0 aliphatic rings. The van der Waals surface area contributed by atoms with E-state index in [1.807, 2.05) is 0 Å². The van der Waals surface area contributed by atoms with Crippen molar-refractivity contribution in [2.45, 2.75) is 0 Å². The van der Waals surface area contributed by atoms with Gasteiger partial charge in [-0.15, -0.1) is 0 Å². The Kier molecular flexibility index (Phi) is 4.22. The summed E-state index contributed by atoms with van der Waals surface area (Å²) in [5.41, 5.74) is 11.2. The summed E-state index contributed by atoms with van der Waals surface area (Å²) in [7, 11) is 0. The fourth-order valence-electron chi connectivity index (χ4n) is 0.430. The minimum absolute atomic E-state index is 0.250. The van der Waals surface area contributed by atoms with Gasteiger partial charge in [-0.1, -0.05) is 0 Å². The number of carbonyl (C=O) groups is 1. The molecule has 0 fully saturated rings. The number of rotatable bonds is 0. The van der Waals surface area contributed by atoms with E-state index in [0.29, 0.717) is 11.5 Å². The highest BCUT2D eigenvalue weighted by Gasteiger charge is 1.87. The summed E-state index contributed by atoms with van der Waals surface area (Å²) in [5, 5.41) is 6.89. The number of aromatic nitrogens is 1. The molecule has 1 aromatic heterocycles. The first-order chi connectivity index (χ1) is 5.22. The zero-order valence-electron chi connectivity index (χ0n) is 5.77. The van der Waals surface area contributed by atoms with Crippen molar-refractivity contribution in [3.8, 4) is 0 Å². The molecule has 0 radical (unpaired) electrons. The van der Waals surface area contributed by atoms with Gasteiger partial charge in [0, 0.05) is 6.20 Å². The zero-order valence-corrected chi connectivity index (χ0v) is 5.77. The molecule has 0 aliphatic heterocycles. The van der Waals surface area contributed by atoms with Gasteiger partial charge in [0.15, 0.2) is 0 Å². The maximum atomic E-state index is 8.36. The average molecular weight is 155 g/mol. The lowest BCUT2D eigenvalue weighted by molar-refractivity contribution is -0.122. The fraction of sp³-hybridized carbons (Fsp3) is 0. The summed E-state index contributed by atoms with van der Waals surface area (Å²) >= 11 is 0. The third kappa shape index (κ3) is 3.74. The van der Waals surface area contributed by atoms with Crippen molar-refractivity contribution in [1.82, 2.24) is 4.98 Å². The van der Waals surface area contributed by atoms with Crippen LogP contribution in [0.15, 0.2) is 18.3 Å². The molecule has 0 aliphatic carbocycles. The van der Waals surface area contributed by atoms with Gasteiger partial charge in [-0.3, -0.25) is 4.79 Å². The molecule has 0 unspecified atom stereocenters. The van der Waals surface area contributed by atoms with E-state index in [9.17, 15) is 0 Å². The molecular weight excluding hydrogens is 146 g/mol. The van der Waals surface area contributed by atoms with Gasteiger partial charge in [0.1, 0.15) is 5.82 Å². The Morgan fingerprint density at radius 3 is 2.36 bits per heavy atom. The molecule has 0 saturated carbocycles. The predicted molar refractivity (Wildman–Crippen MR) is 41.8 cm³/mol. The molecule has 11 heavy (non-hydrogen) atoms. The highest BCUT2D eigenvalue weighted by molar-refractivity contribution is 5.56. The molecule has 1 aromatic rings. The number of hydrogen-bond acceptors (Lipinski definition) is 4. The summed E-state index contributed by atoms with van der Waals surface area (Å²) in [6.07, 6.45) is 1.60. The minimum atomic E-state index is -0.250. The van der Waals surface area contributed by atoms with Gasteiger partial charge in [0.25, 0.3) is 6.47 Å². The van der Waals surface area contributed by atoms with Crippen LogP contribution in [0.3, 0.4) is 0 Å². The van der Waals surface area contributed by atoms with Crippen molar-refractivity contribution in [2.75, 3.05) is 11.5 Å². The summed E-state index contributed by atoms with van der Waals surface area (Å²) < 4.78 is 0. The molecule has 1 rings (SSSR count). The van der Waals surface area contributed by atoms with Gasteiger partial charge in [0.05, 0.1) is 5.69 Å². The number of anilines is 2. The second-order valence-corrected chi connectivity index (χ2v) is 1.58. The maximum absolute atomic E-state index is 8.36. The van der Waals surface area contributed by atoms with E-state index in [4.69, 9.17) is 21.4 Å². The molecule has 0 amide bonds. The summed E-state index contributed by atoms with van der Waals surface area (Å²) in [5.74, 6) is 0.396. The van der Waals surface area contributed by atoms with Crippen LogP contribution in [0.1, 0.15) is 0 Å². The second kappa shape index (κ2) is 5.04. The number of hydrogen-bond donors (Lipinski definition) is 3. The van der Waals surface area contributed by atoms with Crippen molar-refractivity contribution >= 4 is 18.0 Å². The van der Waals surface area contributed by atoms with E-state index in [-0.39, 0.29) is 6.47 Å². The lowest BCUT2D eigenvalue weighted by Gasteiger charge is -1.92. The molecule has 60 valence electrons. The second-order valence-electron chi connectivity index (χ2n) is 1.58. The van der Waals surface area contributed by atoms with Crippen LogP contribution >= 0.6 is 0 Å². The van der Waals surface area contributed by atoms with Crippen LogP contribution in [0.4, 0.5) is 11.5 Å². The van der Waals surface area contributed by atoms with Gasteiger partial charge in [0.2, 0.25) is 0 Å². The standard InChI is InChI=1S/C5H7N3.CH2O2/c6-4-2-1-3-8-5(4)7;2-1-3/h1-3H,6H2,(H2,7,8);1H,(H,2,3). The molecule has 5 N–H and O–H groups in total. The number of carboxylic acid groups (broad SMARTS) is 1. The quantitative estimate of drug-likeness (QED) is 0.456. The van der Waals surface area contributed by atoms with E-state index in [0.717, 1.165) is 0 Å². The smallest absolute Gasteiger partial charge is 0.290 e. The Morgan fingerprint density at radius 2 is 2.09 bits per heavy atom. The van der Waals surface area contributed by atoms with Gasteiger partial charge < -0.3 is 16.6 Å². The van der Waals surface area contributed by atoms with Crippen molar-refractivity contribution in [2.24, 2.45) is 0 Å². The van der Waals surface area contributed by atoms with E-state index >= 15 is 0 Å². The third-order valence-electron chi connectivity index (χ3n) is 0.871. The van der Waals surface area contributed by atoms with Gasteiger partial charge in [-0.25, -0.2) is 4.98 Å². The summed E-state index contributed by atoms with van der Waals surface area (Å²) in [6.45, 7) is -0.250. The first kappa shape index (κ1) is 9.22. The zero-order chi connectivity index (χ0) is 8.69. The molecule has 0 aromatic carbocycles. The van der Waals surface area contributed by atoms with Crippen LogP contribution in [-0.2, 0) is 4.79 Å². The minimum Gasteiger partial charge on any atom is -0.483 e. The van der Waals surface area contributed by atoms with Crippen LogP contribution in [0.25, 0.3) is 0 Å². The Labute approximate surface area is 63.7 Å². The van der Waals surface area contributed by atoms with Crippen LogP contribution in [0.2, 0.25) is 0 Å². The van der Waals surface area contributed by atoms with Crippen molar-refractivity contribution < 1.29 is 9.90 Å². The van der Waals surface area contributed by atoms with Crippen molar-refractivity contribution in [1.29, 1.82) is 0 Å². The Hall–Kier alpha value is -1.78. The SMILES string of the molecule is Nc1cccnc1N.O=CO. The molecule has 0 saturated heterocycles. The lowest BCUT2D eigenvalue weighted by Crippen LogP contribution is -1.95. The lowest BCUT2D eigenvalue weighted by atomic mass is 10.4. The van der Waals surface area contributed by atoms with Crippen LogP contribution in [0.5, 0.6) is 0 Å². The van der Waals surface area contributed by atoms with Crippen LogP contribution in [0, 0.1) is 0 Å². The Morgan fingerprint density at radius 1 is 1.55 bits per heavy atom. The molecule has 0 atom stereocenters. The van der Waals surface area contributed by atoms with E-state index in [2.05, 4.69) is 4.98 Å². The first-order valence-corrected chi connectivity index (χ1v) is 2.76. The molecule has 0 spiro atoms. The van der Waals surface area contributed by atoms with Gasteiger partial charge >= 0.3 is 0 Å². The monoisotopic (exact) mass is 155 g/mol. The van der Waals surface area contributed by atoms with E-state index in [1.165, 1.54) is 0 Å². The average Bonchev–Trinajstić information content (AvgIpc) is 1.97. The number of nitrogens with two attached hydrogens (primary N) is 2. The van der Waals surface area contributed by atoms with E-state index < -0.39 is 0 Å². The molecular formula is C6H9N3O2. The number of pyridine rings is 1. The Balaban J connectivity index is 0.000000292. The summed E-state index contributed by atoms with van der Waals surface area (Å²) in [6, 6.07) is 3.45. The largest absolute Gasteiger partial charge is 0.483 e. The van der Waals surface area contributed by atoms with Crippen LogP contribution < -0.4 is 11.5 Å². The van der Waals surface area contributed by atoms with E-state index in [1.54, 1.807) is 18.3 Å². The maximum Gasteiger partial charge on any atom is 0.290 e. The van der Waals surface area contributed by atoms with Crippen molar-refractivity contribution in [3.05, 3.63) is 18.3 Å². The Bertz CT molecular complexity index is 206. The molecule has 1 heterocycles. The third-order valence-corrected chi connectivity index (χ3v) is 0.871. The number of nitrogen functional groups attached to an aromatic ring is 2. The predicted octanol–water partition coefficient (Wildman–Crippen LogP) is -0.0532. The highest BCUT2D eigenvalue weighted by Crippen LogP contribution is 2.06. The van der Waals surface area contributed by atoms with Gasteiger partial charge in [-0.05, 0) is 12.1 Å². The molecule has 0 bridgehead atoms. The fourth-order valence-corrected chi connectivity index (χ4v) is 0.430. The van der Waals surface area contributed by atoms with Crippen LogP contribution in [-0.4, -0.2) is 16.6 Å². The molecule has 5 heteroatoms. The topological polar surface area (TPSA) is 102 Å². The first-order valence-electron chi connectivity index (χ1n) is 2.76. The van der Waals surface area contributed by atoms with Crippen molar-refractivity contribution in [3.63, 3.8) is 0 Å².